The van der Waals surface area contributed by atoms with Crippen LogP contribution in [0, 0.1) is 5.82 Å². The Labute approximate surface area is 211 Å². The van der Waals surface area contributed by atoms with Crippen molar-refractivity contribution >= 4 is 28.7 Å². The maximum Gasteiger partial charge on any atom is 0.270 e. The number of rotatable bonds is 6. The number of aryl methyl sites for hydroxylation is 1. The Balaban J connectivity index is 1.13. The number of nitrogens with zero attached hydrogens (tertiary/aromatic N) is 3. The predicted molar refractivity (Wildman–Crippen MR) is 130 cm³/mol. The van der Waals surface area contributed by atoms with Crippen molar-refractivity contribution in [3.63, 3.8) is 0 Å². The van der Waals surface area contributed by atoms with E-state index in [1.54, 1.807) is 24.3 Å². The molecule has 11 heteroatoms. The molecule has 0 unspecified atom stereocenters. The van der Waals surface area contributed by atoms with Crippen LogP contribution in [0.15, 0.2) is 30.5 Å². The summed E-state index contributed by atoms with van der Waals surface area (Å²) < 4.78 is 31.6. The number of halogens is 1. The normalized spacial score (nSPS) is 24.2. The van der Waals surface area contributed by atoms with Gasteiger partial charge < -0.3 is 24.8 Å². The van der Waals surface area contributed by atoms with Gasteiger partial charge in [-0.1, -0.05) is 0 Å². The van der Waals surface area contributed by atoms with E-state index in [0.717, 1.165) is 25.7 Å². The summed E-state index contributed by atoms with van der Waals surface area (Å²) in [4.78, 5) is 37.4. The molecule has 192 valence electrons. The van der Waals surface area contributed by atoms with E-state index in [1.165, 1.54) is 13.3 Å². The first kappa shape index (κ1) is 23.5. The minimum absolute atomic E-state index is 0.0723. The molecule has 3 aromatic rings. The number of carbonyl (C=O) groups is 2. The quantitative estimate of drug-likeness (QED) is 0.522. The van der Waals surface area contributed by atoms with E-state index in [2.05, 4.69) is 25.6 Å². The van der Waals surface area contributed by atoms with Crippen LogP contribution in [0.2, 0.25) is 0 Å². The van der Waals surface area contributed by atoms with Gasteiger partial charge in [-0.05, 0) is 56.7 Å². The number of hydrogen-bond donors (Lipinski definition) is 2. The zero-order chi connectivity index (χ0) is 25.6. The summed E-state index contributed by atoms with van der Waals surface area (Å²) in [6, 6.07) is 6.69. The second kappa shape index (κ2) is 8.91. The SMILES string of the molecule is COc1ccc2ncc(F)c(CCC34CCC(NC(=O)c5ccc6c(n5)NC(=O)CO6)(CC3)CO4)c2n1. The van der Waals surface area contributed by atoms with Crippen molar-refractivity contribution in [2.24, 2.45) is 0 Å². The molecule has 2 N–H and O–H groups in total. The van der Waals surface area contributed by atoms with E-state index in [1.807, 2.05) is 0 Å². The van der Waals surface area contributed by atoms with Crippen LogP contribution in [0.5, 0.6) is 11.6 Å². The van der Waals surface area contributed by atoms with Gasteiger partial charge in [0.1, 0.15) is 11.5 Å². The smallest absolute Gasteiger partial charge is 0.270 e. The number of hydrogen-bond acceptors (Lipinski definition) is 8. The van der Waals surface area contributed by atoms with Gasteiger partial charge in [0.05, 0.1) is 42.1 Å². The van der Waals surface area contributed by atoms with E-state index in [0.29, 0.717) is 47.7 Å². The summed E-state index contributed by atoms with van der Waals surface area (Å²) in [5.74, 6) is 0.0597. The molecule has 4 aliphatic rings. The standard InChI is InChI=1S/C26H26FN5O5/c1-35-21-5-3-17-22(31-21)15(16(27)12-28-17)6-7-26-10-8-25(9-11-26,14-37-26)32-24(34)18-2-4-19-23(29-18)30-20(33)13-36-19/h2-5,12H,6-11,13-14H2,1H3,(H,32,34)(H,29,30,33). The van der Waals surface area contributed by atoms with E-state index in [4.69, 9.17) is 14.2 Å². The summed E-state index contributed by atoms with van der Waals surface area (Å²) in [5.41, 5.74) is 0.963. The van der Waals surface area contributed by atoms with Gasteiger partial charge in [0.15, 0.2) is 18.2 Å². The maximum atomic E-state index is 14.8. The molecule has 7 rings (SSSR count). The van der Waals surface area contributed by atoms with Crippen molar-refractivity contribution in [2.45, 2.75) is 49.7 Å². The lowest BCUT2D eigenvalue weighted by molar-refractivity contribution is -0.162. The lowest BCUT2D eigenvalue weighted by Gasteiger charge is -2.53. The number of methoxy groups -OCH3 is 1. The average molecular weight is 508 g/mol. The summed E-state index contributed by atoms with van der Waals surface area (Å²) in [7, 11) is 1.52. The molecule has 2 amide bonds. The van der Waals surface area contributed by atoms with E-state index in [9.17, 15) is 14.0 Å². The third-order valence-corrected chi connectivity index (χ3v) is 7.64. The monoisotopic (exact) mass is 507 g/mol. The second-order valence-corrected chi connectivity index (χ2v) is 9.89. The fourth-order valence-electron chi connectivity index (χ4n) is 5.42. The minimum Gasteiger partial charge on any atom is -0.481 e. The molecule has 0 radical (unpaired) electrons. The summed E-state index contributed by atoms with van der Waals surface area (Å²) in [5, 5.41) is 5.74. The third kappa shape index (κ3) is 4.33. The molecule has 0 atom stereocenters. The molecule has 3 fully saturated rings. The van der Waals surface area contributed by atoms with Crippen molar-refractivity contribution in [1.82, 2.24) is 20.3 Å². The van der Waals surface area contributed by atoms with E-state index >= 15 is 0 Å². The Bertz CT molecular complexity index is 1390. The molecule has 2 saturated heterocycles. The Morgan fingerprint density at radius 2 is 2.03 bits per heavy atom. The van der Waals surface area contributed by atoms with Crippen LogP contribution >= 0.6 is 0 Å². The summed E-state index contributed by atoms with van der Waals surface area (Å²) in [6.45, 7) is 0.298. The Morgan fingerprint density at radius 3 is 2.78 bits per heavy atom. The van der Waals surface area contributed by atoms with Crippen molar-refractivity contribution in [2.75, 3.05) is 25.6 Å². The predicted octanol–water partition coefficient (Wildman–Crippen LogP) is 2.95. The molecular formula is C26H26FN5O5. The molecule has 2 bridgehead atoms. The highest BCUT2D eigenvalue weighted by Crippen LogP contribution is 2.46. The van der Waals surface area contributed by atoms with Gasteiger partial charge in [-0.2, -0.15) is 0 Å². The van der Waals surface area contributed by atoms with Crippen LogP contribution in [0.4, 0.5) is 10.2 Å². The van der Waals surface area contributed by atoms with Gasteiger partial charge in [-0.25, -0.2) is 14.4 Å². The highest BCUT2D eigenvalue weighted by Gasteiger charge is 2.50. The fraction of sp³-hybridized carbons (Fsp3) is 0.423. The first-order valence-electron chi connectivity index (χ1n) is 12.3. The van der Waals surface area contributed by atoms with E-state index in [-0.39, 0.29) is 35.5 Å². The number of fused-ring (bicyclic) bond motifs is 5. The van der Waals surface area contributed by atoms with Crippen LogP contribution in [-0.4, -0.2) is 58.2 Å². The van der Waals surface area contributed by atoms with Crippen molar-refractivity contribution < 1.29 is 28.2 Å². The topological polar surface area (TPSA) is 125 Å². The molecule has 3 aromatic heterocycles. The van der Waals surface area contributed by atoms with Gasteiger partial charge in [-0.15, -0.1) is 0 Å². The van der Waals surface area contributed by atoms with Crippen molar-refractivity contribution in [3.8, 4) is 11.6 Å². The molecule has 1 saturated carbocycles. The van der Waals surface area contributed by atoms with Crippen LogP contribution in [0.25, 0.3) is 11.0 Å². The summed E-state index contributed by atoms with van der Waals surface area (Å²) >= 11 is 0. The molecule has 0 aromatic carbocycles. The van der Waals surface area contributed by atoms with Crippen LogP contribution in [-0.2, 0) is 16.0 Å². The number of nitrogens with one attached hydrogen (secondary N) is 2. The third-order valence-electron chi connectivity index (χ3n) is 7.64. The Hall–Kier alpha value is -3.86. The Morgan fingerprint density at radius 1 is 1.19 bits per heavy atom. The molecule has 3 aliphatic heterocycles. The fourth-order valence-corrected chi connectivity index (χ4v) is 5.42. The van der Waals surface area contributed by atoms with Gasteiger partial charge >= 0.3 is 0 Å². The van der Waals surface area contributed by atoms with Crippen LogP contribution in [0.1, 0.15) is 48.2 Å². The lowest BCUT2D eigenvalue weighted by atomic mass is 9.69. The molecular weight excluding hydrogens is 481 g/mol. The lowest BCUT2D eigenvalue weighted by Crippen LogP contribution is -2.63. The van der Waals surface area contributed by atoms with Crippen molar-refractivity contribution in [1.29, 1.82) is 0 Å². The number of carbonyl (C=O) groups excluding carboxylic acids is 2. The van der Waals surface area contributed by atoms with Gasteiger partial charge in [0, 0.05) is 11.6 Å². The van der Waals surface area contributed by atoms with Crippen LogP contribution in [0.3, 0.4) is 0 Å². The molecule has 37 heavy (non-hydrogen) atoms. The van der Waals surface area contributed by atoms with Gasteiger partial charge in [0.2, 0.25) is 5.88 Å². The van der Waals surface area contributed by atoms with E-state index < -0.39 is 11.4 Å². The van der Waals surface area contributed by atoms with Gasteiger partial charge in [0.25, 0.3) is 11.8 Å². The Kier molecular flexibility index (Phi) is 5.67. The van der Waals surface area contributed by atoms with Crippen LogP contribution < -0.4 is 20.1 Å². The molecule has 6 heterocycles. The van der Waals surface area contributed by atoms with Gasteiger partial charge in [-0.3, -0.25) is 14.6 Å². The summed E-state index contributed by atoms with van der Waals surface area (Å²) in [6.07, 6.45) is 5.31. The number of anilines is 1. The number of amides is 2. The maximum absolute atomic E-state index is 14.8. The molecule has 10 nitrogen and oxygen atoms in total. The largest absolute Gasteiger partial charge is 0.481 e. The zero-order valence-corrected chi connectivity index (χ0v) is 20.3. The van der Waals surface area contributed by atoms with Crippen molar-refractivity contribution in [3.05, 3.63) is 47.5 Å². The zero-order valence-electron chi connectivity index (χ0n) is 20.3. The minimum atomic E-state index is -0.486. The highest BCUT2D eigenvalue weighted by molar-refractivity contribution is 5.97. The first-order valence-corrected chi connectivity index (χ1v) is 12.3. The molecule has 1 aliphatic carbocycles. The average Bonchev–Trinajstić information content (AvgIpc) is 2.92. The first-order chi connectivity index (χ1) is 17.9. The number of ether oxygens (including phenoxy) is 3. The molecule has 0 spiro atoms. The second-order valence-electron chi connectivity index (χ2n) is 9.89. The number of aromatic nitrogens is 3. The number of pyridine rings is 3. The highest BCUT2D eigenvalue weighted by atomic mass is 19.1.